The minimum absolute atomic E-state index is 1.21. The van der Waals surface area contributed by atoms with Gasteiger partial charge in [0.05, 0.1) is 0 Å². The molecule has 26 heavy (non-hydrogen) atoms. The molecule has 0 aromatic heterocycles. The van der Waals surface area contributed by atoms with E-state index in [9.17, 15) is 0 Å². The van der Waals surface area contributed by atoms with Gasteiger partial charge in [0.2, 0.25) is 16.8 Å². The summed E-state index contributed by atoms with van der Waals surface area (Å²) in [5.74, 6) is 0. The molecule has 0 aliphatic rings. The van der Waals surface area contributed by atoms with E-state index < -0.39 is 16.8 Å². The van der Waals surface area contributed by atoms with Crippen molar-refractivity contribution < 1.29 is 0 Å². The van der Waals surface area contributed by atoms with Crippen molar-refractivity contribution in [2.24, 2.45) is 0 Å². The Morgan fingerprint density at radius 2 is 0.846 bits per heavy atom. The van der Waals surface area contributed by atoms with Gasteiger partial charge < -0.3 is 13.4 Å². The first-order chi connectivity index (χ1) is 12.5. The minimum Gasteiger partial charge on any atom is -0.321 e. The molecule has 0 rings (SSSR count). The smallest absolute Gasteiger partial charge is 0.200 e. The summed E-state index contributed by atoms with van der Waals surface area (Å²) in [4.78, 5) is 0. The zero-order chi connectivity index (χ0) is 20.2. The number of rotatable bonds is 16. The lowest BCUT2D eigenvalue weighted by Gasteiger charge is -2.58. The van der Waals surface area contributed by atoms with Crippen molar-refractivity contribution in [1.29, 1.82) is 0 Å². The van der Waals surface area contributed by atoms with Crippen molar-refractivity contribution in [3.63, 3.8) is 0 Å². The summed E-state index contributed by atoms with van der Waals surface area (Å²) in [5, 5.41) is 0. The van der Waals surface area contributed by atoms with Crippen LogP contribution in [0.1, 0.15) is 81.6 Å². The third-order valence-corrected chi connectivity index (χ3v) is 20.1. The van der Waals surface area contributed by atoms with Crippen LogP contribution in [0, 0.1) is 0 Å². The normalized spacial score (nSPS) is 13.4. The Balaban J connectivity index is 6.35. The molecule has 0 saturated carbocycles. The van der Waals surface area contributed by atoms with Crippen LogP contribution in [0.25, 0.3) is 0 Å². The van der Waals surface area contributed by atoms with Gasteiger partial charge in [-0.1, -0.05) is 75.2 Å². The molecule has 3 nitrogen and oxygen atoms in total. The molecule has 0 aliphatic carbocycles. The second kappa shape index (κ2) is 13.5. The number of hydrogen-bond donors (Lipinski definition) is 0. The van der Waals surface area contributed by atoms with Gasteiger partial charge >= 0.3 is 0 Å². The summed E-state index contributed by atoms with van der Waals surface area (Å²) in [6, 6.07) is 5.47. The van der Waals surface area contributed by atoms with Crippen molar-refractivity contribution in [3.05, 3.63) is 0 Å². The molecule has 0 bridgehead atoms. The Morgan fingerprint density at radius 3 is 1.08 bits per heavy atom. The van der Waals surface area contributed by atoms with Gasteiger partial charge in [-0.25, -0.2) is 0 Å². The lowest BCUT2D eigenvalue weighted by molar-refractivity contribution is 0.349. The van der Waals surface area contributed by atoms with Crippen molar-refractivity contribution in [2.45, 2.75) is 106 Å². The van der Waals surface area contributed by atoms with E-state index in [2.05, 4.69) is 75.7 Å². The Labute approximate surface area is 168 Å². The SMILES string of the molecule is CCCCCN([Si](CC)(CC)N(CC)CC)[Si](CC)(CC)N(CC)CC. The molecule has 0 aromatic carbocycles. The largest absolute Gasteiger partial charge is 0.321 e. The van der Waals surface area contributed by atoms with Gasteiger partial charge in [-0.3, -0.25) is 0 Å². The third-order valence-electron chi connectivity index (χ3n) is 6.96. The monoisotopic (exact) mass is 401 g/mol. The molecule has 0 aromatic rings. The lowest BCUT2D eigenvalue weighted by atomic mass is 10.3. The van der Waals surface area contributed by atoms with E-state index in [4.69, 9.17) is 0 Å². The van der Waals surface area contributed by atoms with E-state index in [-0.39, 0.29) is 0 Å². The van der Waals surface area contributed by atoms with E-state index >= 15 is 0 Å². The molecule has 0 atom stereocenters. The first-order valence-corrected chi connectivity index (χ1v) is 16.4. The van der Waals surface area contributed by atoms with E-state index in [1.165, 1.54) is 76.2 Å². The first kappa shape index (κ1) is 26.3. The van der Waals surface area contributed by atoms with Crippen molar-refractivity contribution in [3.8, 4) is 0 Å². The molecule has 0 amide bonds. The number of unbranched alkanes of at least 4 members (excludes halogenated alkanes) is 2. The van der Waals surface area contributed by atoms with E-state index in [0.717, 1.165) is 0 Å². The van der Waals surface area contributed by atoms with Crippen LogP contribution in [-0.2, 0) is 0 Å². The molecule has 0 radical (unpaired) electrons. The number of nitrogens with zero attached hydrogens (tertiary/aromatic N) is 3. The van der Waals surface area contributed by atoms with Gasteiger partial charge in [-0.05, 0) is 63.3 Å². The topological polar surface area (TPSA) is 9.72 Å². The van der Waals surface area contributed by atoms with Crippen LogP contribution < -0.4 is 0 Å². The predicted octanol–water partition coefficient (Wildman–Crippen LogP) is 6.13. The Bertz CT molecular complexity index is 308. The maximum atomic E-state index is 3.23. The molecule has 0 N–H and O–H groups in total. The summed E-state index contributed by atoms with van der Waals surface area (Å²) in [6.45, 7) is 28.1. The first-order valence-electron chi connectivity index (χ1n) is 11.8. The molecule has 0 aliphatic heterocycles. The fourth-order valence-corrected chi connectivity index (χ4v) is 19.8. The molecule has 0 fully saturated rings. The minimum atomic E-state index is -1.64. The molecule has 0 spiro atoms. The highest BCUT2D eigenvalue weighted by Gasteiger charge is 2.52. The van der Waals surface area contributed by atoms with Crippen LogP contribution in [0.3, 0.4) is 0 Å². The van der Waals surface area contributed by atoms with Crippen molar-refractivity contribution >= 4 is 16.8 Å². The Morgan fingerprint density at radius 1 is 0.500 bits per heavy atom. The summed E-state index contributed by atoms with van der Waals surface area (Å²) >= 11 is 0. The van der Waals surface area contributed by atoms with Gasteiger partial charge in [0.15, 0.2) is 0 Å². The average Bonchev–Trinajstić information content (AvgIpc) is 2.68. The molecule has 0 unspecified atom stereocenters. The highest BCUT2D eigenvalue weighted by atomic mass is 28.4. The van der Waals surface area contributed by atoms with Crippen molar-refractivity contribution in [1.82, 2.24) is 13.4 Å². The van der Waals surface area contributed by atoms with Crippen LogP contribution >= 0.6 is 0 Å². The lowest BCUT2D eigenvalue weighted by Crippen LogP contribution is -2.78. The summed E-state index contributed by atoms with van der Waals surface area (Å²) in [5.41, 5.74) is 0. The fraction of sp³-hybridized carbons (Fsp3) is 1.00. The van der Waals surface area contributed by atoms with Gasteiger partial charge in [-0.2, -0.15) is 0 Å². The van der Waals surface area contributed by atoms with Crippen LogP contribution in [0.5, 0.6) is 0 Å². The molecule has 0 heterocycles. The standard InChI is InChI=1S/C21H51N3Si2/c1-10-19-20-21-24(25(15-6,16-7)22(11-2)12-3)26(17-8,18-9)23(13-4)14-5/h10-21H2,1-9H3. The number of hydrogen-bond acceptors (Lipinski definition) is 3. The van der Waals surface area contributed by atoms with Crippen LogP contribution in [0.15, 0.2) is 0 Å². The Kier molecular flexibility index (Phi) is 13.6. The van der Waals surface area contributed by atoms with E-state index in [1.54, 1.807) is 0 Å². The van der Waals surface area contributed by atoms with Gasteiger partial charge in [-0.15, -0.1) is 0 Å². The van der Waals surface area contributed by atoms with E-state index in [0.29, 0.717) is 0 Å². The van der Waals surface area contributed by atoms with E-state index in [1.807, 2.05) is 0 Å². The predicted molar refractivity (Wildman–Crippen MR) is 126 cm³/mol. The Hall–Kier alpha value is 0.314. The summed E-state index contributed by atoms with van der Waals surface area (Å²) in [6.07, 6.45) is 4.08. The summed E-state index contributed by atoms with van der Waals surface area (Å²) < 4.78 is 9.06. The van der Waals surface area contributed by atoms with Gasteiger partial charge in [0.1, 0.15) is 0 Å². The van der Waals surface area contributed by atoms with Crippen molar-refractivity contribution in [2.75, 3.05) is 32.7 Å². The maximum absolute atomic E-state index is 3.23. The zero-order valence-electron chi connectivity index (χ0n) is 19.8. The second-order valence-electron chi connectivity index (χ2n) is 7.58. The molecular weight excluding hydrogens is 350 g/mol. The summed E-state index contributed by atoms with van der Waals surface area (Å²) in [7, 11) is -3.28. The molecule has 158 valence electrons. The molecule has 5 heteroatoms. The maximum Gasteiger partial charge on any atom is 0.200 e. The van der Waals surface area contributed by atoms with Gasteiger partial charge in [0, 0.05) is 0 Å². The highest BCUT2D eigenvalue weighted by molar-refractivity contribution is 6.90. The molecule has 0 saturated heterocycles. The third kappa shape index (κ3) is 5.43. The van der Waals surface area contributed by atoms with Gasteiger partial charge in [0.25, 0.3) is 0 Å². The van der Waals surface area contributed by atoms with Crippen LogP contribution in [0.4, 0.5) is 0 Å². The average molecular weight is 402 g/mol. The second-order valence-corrected chi connectivity index (χ2v) is 17.1. The quantitative estimate of drug-likeness (QED) is 0.227. The van der Waals surface area contributed by atoms with Crippen LogP contribution in [0.2, 0.25) is 24.2 Å². The molecular formula is C21H51N3Si2. The highest BCUT2D eigenvalue weighted by Crippen LogP contribution is 2.35. The fourth-order valence-electron chi connectivity index (χ4n) is 5.45. The zero-order valence-corrected chi connectivity index (χ0v) is 21.8. The van der Waals surface area contributed by atoms with Crippen LogP contribution in [-0.4, -0.2) is 62.9 Å².